The zero-order chi connectivity index (χ0) is 12.3. The lowest BCUT2D eigenvalue weighted by molar-refractivity contribution is 0.277. The number of hydrogen-bond acceptors (Lipinski definition) is 3. The van der Waals surface area contributed by atoms with Crippen molar-refractivity contribution in [2.75, 3.05) is 0 Å². The topological polar surface area (TPSA) is 50.9 Å². The first-order chi connectivity index (χ1) is 8.26. The molecule has 0 atom stereocenters. The first-order valence-electron chi connectivity index (χ1n) is 5.55. The van der Waals surface area contributed by atoms with Gasteiger partial charge in [-0.2, -0.15) is 0 Å². The van der Waals surface area contributed by atoms with E-state index < -0.39 is 0 Å². The van der Waals surface area contributed by atoms with Gasteiger partial charge in [0.2, 0.25) is 0 Å². The Bertz CT molecular complexity index is 493. The number of rotatable bonds is 4. The first kappa shape index (κ1) is 12.1. The second kappa shape index (κ2) is 5.29. The molecule has 0 spiro atoms. The number of nitrogens with zero attached hydrogens (tertiary/aromatic N) is 3. The van der Waals surface area contributed by atoms with E-state index in [9.17, 15) is 5.11 Å². The molecule has 0 aliphatic carbocycles. The van der Waals surface area contributed by atoms with Crippen molar-refractivity contribution in [3.63, 3.8) is 0 Å². The van der Waals surface area contributed by atoms with Gasteiger partial charge in [-0.3, -0.25) is 0 Å². The number of aliphatic hydroxyl groups is 1. The van der Waals surface area contributed by atoms with Crippen molar-refractivity contribution in [3.05, 3.63) is 35.0 Å². The van der Waals surface area contributed by atoms with Gasteiger partial charge in [0.25, 0.3) is 0 Å². The summed E-state index contributed by atoms with van der Waals surface area (Å²) < 4.78 is 1.81. The van der Waals surface area contributed by atoms with E-state index in [1.807, 2.05) is 28.9 Å². The second-order valence-corrected chi connectivity index (χ2v) is 4.21. The van der Waals surface area contributed by atoms with Crippen LogP contribution in [0, 0.1) is 0 Å². The van der Waals surface area contributed by atoms with Crippen LogP contribution in [0.1, 0.15) is 19.0 Å². The zero-order valence-corrected chi connectivity index (χ0v) is 10.4. The SMILES string of the molecule is CCCn1nnc(CO)c1-c1ccc(Cl)cc1. The van der Waals surface area contributed by atoms with Crippen molar-refractivity contribution < 1.29 is 5.11 Å². The van der Waals surface area contributed by atoms with E-state index in [2.05, 4.69) is 17.2 Å². The molecular formula is C12H14ClN3O. The van der Waals surface area contributed by atoms with E-state index in [0.717, 1.165) is 24.2 Å². The third-order valence-corrected chi connectivity index (χ3v) is 2.76. The van der Waals surface area contributed by atoms with Gasteiger partial charge < -0.3 is 5.11 Å². The van der Waals surface area contributed by atoms with Crippen molar-refractivity contribution in [2.45, 2.75) is 26.5 Å². The maximum Gasteiger partial charge on any atom is 0.116 e. The fraction of sp³-hybridized carbons (Fsp3) is 0.333. The number of halogens is 1. The quantitative estimate of drug-likeness (QED) is 0.908. The lowest BCUT2D eigenvalue weighted by atomic mass is 10.1. The standard InChI is InChI=1S/C12H14ClN3O/c1-2-7-16-12(11(8-17)14-15-16)9-3-5-10(13)6-4-9/h3-6,17H,2,7-8H2,1H3. The predicted octanol–water partition coefficient (Wildman–Crippen LogP) is 2.50. The second-order valence-electron chi connectivity index (χ2n) is 3.77. The van der Waals surface area contributed by atoms with Crippen LogP contribution >= 0.6 is 11.6 Å². The number of aliphatic hydroxyl groups excluding tert-OH is 1. The molecule has 0 aliphatic rings. The Balaban J connectivity index is 2.47. The highest BCUT2D eigenvalue weighted by Gasteiger charge is 2.13. The van der Waals surface area contributed by atoms with Crippen molar-refractivity contribution in [3.8, 4) is 11.3 Å². The summed E-state index contributed by atoms with van der Waals surface area (Å²) in [4.78, 5) is 0. The maximum atomic E-state index is 9.27. The Morgan fingerprint density at radius 2 is 2.00 bits per heavy atom. The number of aryl methyl sites for hydroxylation is 1. The molecule has 1 N–H and O–H groups in total. The fourth-order valence-corrected chi connectivity index (χ4v) is 1.87. The molecule has 0 amide bonds. The molecular weight excluding hydrogens is 238 g/mol. The average Bonchev–Trinajstić information content (AvgIpc) is 2.74. The van der Waals surface area contributed by atoms with Crippen LogP contribution in [0.4, 0.5) is 0 Å². The molecule has 1 aromatic carbocycles. The van der Waals surface area contributed by atoms with Gasteiger partial charge in [-0.1, -0.05) is 35.9 Å². The zero-order valence-electron chi connectivity index (χ0n) is 9.60. The molecule has 1 aromatic heterocycles. The van der Waals surface area contributed by atoms with Crippen LogP contribution in [-0.4, -0.2) is 20.1 Å². The third kappa shape index (κ3) is 2.48. The molecule has 17 heavy (non-hydrogen) atoms. The van der Waals surface area contributed by atoms with Crippen LogP contribution in [0.3, 0.4) is 0 Å². The monoisotopic (exact) mass is 251 g/mol. The van der Waals surface area contributed by atoms with Crippen molar-refractivity contribution in [1.82, 2.24) is 15.0 Å². The Hall–Kier alpha value is -1.39. The van der Waals surface area contributed by atoms with Crippen LogP contribution in [0.15, 0.2) is 24.3 Å². The summed E-state index contributed by atoms with van der Waals surface area (Å²) in [6.07, 6.45) is 0.967. The molecule has 2 rings (SSSR count). The van der Waals surface area contributed by atoms with Gasteiger partial charge in [-0.15, -0.1) is 5.10 Å². The van der Waals surface area contributed by atoms with Crippen LogP contribution in [-0.2, 0) is 13.2 Å². The normalized spacial score (nSPS) is 10.8. The summed E-state index contributed by atoms with van der Waals surface area (Å²) in [6, 6.07) is 7.46. The van der Waals surface area contributed by atoms with Gasteiger partial charge in [0.1, 0.15) is 5.69 Å². The molecule has 0 unspecified atom stereocenters. The first-order valence-corrected chi connectivity index (χ1v) is 5.93. The highest BCUT2D eigenvalue weighted by atomic mass is 35.5. The molecule has 0 saturated heterocycles. The van der Waals surface area contributed by atoms with Gasteiger partial charge in [-0.25, -0.2) is 4.68 Å². The smallest absolute Gasteiger partial charge is 0.116 e. The molecule has 0 aliphatic heterocycles. The summed E-state index contributed by atoms with van der Waals surface area (Å²) in [7, 11) is 0. The van der Waals surface area contributed by atoms with E-state index in [1.165, 1.54) is 0 Å². The van der Waals surface area contributed by atoms with Crippen LogP contribution < -0.4 is 0 Å². The van der Waals surface area contributed by atoms with Crippen LogP contribution in [0.5, 0.6) is 0 Å². The van der Waals surface area contributed by atoms with Gasteiger partial charge in [-0.05, 0) is 18.6 Å². The number of hydrogen-bond donors (Lipinski definition) is 1. The molecule has 0 bridgehead atoms. The largest absolute Gasteiger partial charge is 0.390 e. The highest BCUT2D eigenvalue weighted by molar-refractivity contribution is 6.30. The van der Waals surface area contributed by atoms with E-state index in [0.29, 0.717) is 10.7 Å². The Kier molecular flexibility index (Phi) is 3.76. The van der Waals surface area contributed by atoms with Gasteiger partial charge >= 0.3 is 0 Å². The molecule has 0 saturated carbocycles. The molecule has 4 nitrogen and oxygen atoms in total. The molecule has 5 heteroatoms. The van der Waals surface area contributed by atoms with E-state index in [4.69, 9.17) is 11.6 Å². The van der Waals surface area contributed by atoms with Crippen molar-refractivity contribution >= 4 is 11.6 Å². The van der Waals surface area contributed by atoms with E-state index in [-0.39, 0.29) is 6.61 Å². The third-order valence-electron chi connectivity index (χ3n) is 2.51. The van der Waals surface area contributed by atoms with Crippen molar-refractivity contribution in [1.29, 1.82) is 0 Å². The predicted molar refractivity (Wildman–Crippen MR) is 66.7 cm³/mol. The summed E-state index contributed by atoms with van der Waals surface area (Å²) in [5.41, 5.74) is 2.43. The summed E-state index contributed by atoms with van der Waals surface area (Å²) in [5.74, 6) is 0. The molecule has 90 valence electrons. The minimum absolute atomic E-state index is 0.109. The number of aromatic nitrogens is 3. The van der Waals surface area contributed by atoms with Crippen LogP contribution in [0.2, 0.25) is 5.02 Å². The van der Waals surface area contributed by atoms with E-state index >= 15 is 0 Å². The Labute approximate surface area is 105 Å². The lowest BCUT2D eigenvalue weighted by Gasteiger charge is -2.06. The van der Waals surface area contributed by atoms with Crippen molar-refractivity contribution in [2.24, 2.45) is 0 Å². The van der Waals surface area contributed by atoms with Gasteiger partial charge in [0.15, 0.2) is 0 Å². The Morgan fingerprint density at radius 3 is 2.59 bits per heavy atom. The minimum Gasteiger partial charge on any atom is -0.390 e. The summed E-state index contributed by atoms with van der Waals surface area (Å²) in [6.45, 7) is 2.75. The highest BCUT2D eigenvalue weighted by Crippen LogP contribution is 2.24. The lowest BCUT2D eigenvalue weighted by Crippen LogP contribution is -2.02. The number of benzene rings is 1. The fourth-order valence-electron chi connectivity index (χ4n) is 1.75. The van der Waals surface area contributed by atoms with Crippen LogP contribution in [0.25, 0.3) is 11.3 Å². The van der Waals surface area contributed by atoms with Gasteiger partial charge in [0, 0.05) is 17.1 Å². The molecule has 0 fully saturated rings. The summed E-state index contributed by atoms with van der Waals surface area (Å²) in [5, 5.41) is 18.0. The maximum absolute atomic E-state index is 9.27. The Morgan fingerprint density at radius 1 is 1.29 bits per heavy atom. The molecule has 1 heterocycles. The molecule has 2 aromatic rings. The van der Waals surface area contributed by atoms with Gasteiger partial charge in [0.05, 0.1) is 12.3 Å². The van der Waals surface area contributed by atoms with E-state index in [1.54, 1.807) is 0 Å². The summed E-state index contributed by atoms with van der Waals surface area (Å²) >= 11 is 5.86. The average molecular weight is 252 g/mol. The minimum atomic E-state index is -0.109. The molecule has 0 radical (unpaired) electrons.